The minimum atomic E-state index is -0.476. The Balaban J connectivity index is 1.81. The minimum absolute atomic E-state index is 0.183. The second-order valence-corrected chi connectivity index (χ2v) is 9.18. The van der Waals surface area contributed by atoms with E-state index in [0.29, 0.717) is 44.8 Å². The molecule has 2 unspecified atom stereocenters. The van der Waals surface area contributed by atoms with E-state index < -0.39 is 5.60 Å². The van der Waals surface area contributed by atoms with Crippen molar-refractivity contribution in [2.75, 3.05) is 19.6 Å². The van der Waals surface area contributed by atoms with E-state index in [9.17, 15) is 14.7 Å². The van der Waals surface area contributed by atoms with Crippen molar-refractivity contribution in [1.29, 1.82) is 0 Å². The summed E-state index contributed by atoms with van der Waals surface area (Å²) in [6.45, 7) is 9.77. The van der Waals surface area contributed by atoms with Crippen LogP contribution in [0.25, 0.3) is 0 Å². The number of unbranched alkanes of at least 4 members (excludes halogenated alkanes) is 1. The van der Waals surface area contributed by atoms with Crippen molar-refractivity contribution in [1.82, 2.24) is 9.80 Å². The summed E-state index contributed by atoms with van der Waals surface area (Å²) in [5.41, 5.74) is -0.476. The Bertz CT molecular complexity index is 495. The fraction of sp³-hybridized carbons (Fsp3) is 0.905. The first-order valence-electron chi connectivity index (χ1n) is 10.6. The van der Waals surface area contributed by atoms with Gasteiger partial charge in [0.05, 0.1) is 6.10 Å². The molecule has 2 saturated heterocycles. The Morgan fingerprint density at radius 2 is 1.78 bits per heavy atom. The number of hydrogen-bond acceptors (Lipinski definition) is 4. The molecule has 27 heavy (non-hydrogen) atoms. The first-order chi connectivity index (χ1) is 12.7. The Hall–Kier alpha value is -1.30. The number of aliphatic hydroxyl groups excluding tert-OH is 1. The SMILES string of the molecule is CCCCC1CC(O)CCN1C(=O)CC1CCN(C(=O)OC(C)(C)C)CC1. The van der Waals surface area contributed by atoms with Crippen LogP contribution < -0.4 is 0 Å². The number of hydrogen-bond donors (Lipinski definition) is 1. The molecular formula is C21H38N2O4. The Morgan fingerprint density at radius 3 is 2.37 bits per heavy atom. The van der Waals surface area contributed by atoms with Crippen LogP contribution in [0.3, 0.4) is 0 Å². The Kier molecular flexibility index (Phi) is 7.95. The van der Waals surface area contributed by atoms with Gasteiger partial charge in [-0.05, 0) is 58.8 Å². The van der Waals surface area contributed by atoms with Crippen LogP contribution in [-0.4, -0.2) is 64.3 Å². The summed E-state index contributed by atoms with van der Waals surface area (Å²) in [7, 11) is 0. The molecule has 6 nitrogen and oxygen atoms in total. The molecule has 0 aliphatic carbocycles. The Labute approximate surface area is 164 Å². The van der Waals surface area contributed by atoms with Crippen LogP contribution in [0.1, 0.15) is 79.1 Å². The van der Waals surface area contributed by atoms with Crippen molar-refractivity contribution in [3.05, 3.63) is 0 Å². The number of amides is 2. The molecule has 2 atom stereocenters. The normalized spacial score (nSPS) is 24.8. The van der Waals surface area contributed by atoms with Crippen molar-refractivity contribution in [3.8, 4) is 0 Å². The van der Waals surface area contributed by atoms with Gasteiger partial charge in [-0.15, -0.1) is 0 Å². The van der Waals surface area contributed by atoms with Gasteiger partial charge in [0.2, 0.25) is 5.91 Å². The van der Waals surface area contributed by atoms with Gasteiger partial charge < -0.3 is 19.6 Å². The zero-order valence-electron chi connectivity index (χ0n) is 17.6. The number of carbonyl (C=O) groups is 2. The van der Waals surface area contributed by atoms with Crippen molar-refractivity contribution in [3.63, 3.8) is 0 Å². The van der Waals surface area contributed by atoms with Crippen molar-refractivity contribution in [2.24, 2.45) is 5.92 Å². The maximum Gasteiger partial charge on any atom is 0.410 e. The topological polar surface area (TPSA) is 70.1 Å². The number of ether oxygens (including phenoxy) is 1. The van der Waals surface area contributed by atoms with Crippen LogP contribution in [0.5, 0.6) is 0 Å². The monoisotopic (exact) mass is 382 g/mol. The fourth-order valence-electron chi connectivity index (χ4n) is 4.08. The van der Waals surface area contributed by atoms with Crippen LogP contribution in [0.15, 0.2) is 0 Å². The van der Waals surface area contributed by atoms with E-state index in [2.05, 4.69) is 6.92 Å². The van der Waals surface area contributed by atoms with Crippen LogP contribution in [0.2, 0.25) is 0 Å². The first kappa shape index (κ1) is 22.0. The van der Waals surface area contributed by atoms with Gasteiger partial charge >= 0.3 is 6.09 Å². The molecule has 0 radical (unpaired) electrons. The van der Waals surface area contributed by atoms with Gasteiger partial charge in [-0.25, -0.2) is 4.79 Å². The molecule has 0 saturated carbocycles. The Morgan fingerprint density at radius 1 is 1.11 bits per heavy atom. The standard InChI is InChI=1S/C21H38N2O4/c1-5-6-7-17-15-18(24)10-13-23(17)19(25)14-16-8-11-22(12-9-16)20(26)27-21(2,3)4/h16-18,24H,5-15H2,1-4H3. The minimum Gasteiger partial charge on any atom is -0.444 e. The number of aliphatic hydroxyl groups is 1. The zero-order valence-corrected chi connectivity index (χ0v) is 17.6. The third-order valence-electron chi connectivity index (χ3n) is 5.63. The molecule has 0 aromatic carbocycles. The zero-order chi connectivity index (χ0) is 20.0. The summed E-state index contributed by atoms with van der Waals surface area (Å²) < 4.78 is 5.44. The highest BCUT2D eigenvalue weighted by Gasteiger charge is 2.33. The van der Waals surface area contributed by atoms with E-state index in [0.717, 1.165) is 32.1 Å². The summed E-state index contributed by atoms with van der Waals surface area (Å²) in [6, 6.07) is 0.183. The molecular weight excluding hydrogens is 344 g/mol. The number of nitrogens with zero attached hydrogens (tertiary/aromatic N) is 2. The molecule has 0 bridgehead atoms. The summed E-state index contributed by atoms with van der Waals surface area (Å²) >= 11 is 0. The largest absolute Gasteiger partial charge is 0.444 e. The number of piperidine rings is 2. The predicted molar refractivity (Wildman–Crippen MR) is 105 cm³/mol. The average Bonchev–Trinajstić information content (AvgIpc) is 2.59. The summed E-state index contributed by atoms with van der Waals surface area (Å²) in [5, 5.41) is 9.97. The first-order valence-corrected chi connectivity index (χ1v) is 10.6. The van der Waals surface area contributed by atoms with Gasteiger partial charge in [0, 0.05) is 32.1 Å². The maximum atomic E-state index is 12.9. The van der Waals surface area contributed by atoms with Gasteiger partial charge in [-0.1, -0.05) is 19.8 Å². The summed E-state index contributed by atoms with van der Waals surface area (Å²) in [5.74, 6) is 0.550. The summed E-state index contributed by atoms with van der Waals surface area (Å²) in [4.78, 5) is 28.8. The molecule has 1 N–H and O–H groups in total. The molecule has 6 heteroatoms. The lowest BCUT2D eigenvalue weighted by molar-refractivity contribution is -0.138. The molecule has 2 heterocycles. The van der Waals surface area contributed by atoms with Crippen LogP contribution >= 0.6 is 0 Å². The van der Waals surface area contributed by atoms with Gasteiger partial charge in [0.1, 0.15) is 5.60 Å². The molecule has 2 amide bonds. The number of rotatable bonds is 5. The molecule has 156 valence electrons. The van der Waals surface area contributed by atoms with E-state index in [1.165, 1.54) is 0 Å². The highest BCUT2D eigenvalue weighted by atomic mass is 16.6. The van der Waals surface area contributed by atoms with Crippen molar-refractivity contribution < 1.29 is 19.4 Å². The number of carbonyl (C=O) groups excluding carboxylic acids is 2. The highest BCUT2D eigenvalue weighted by Crippen LogP contribution is 2.27. The second-order valence-electron chi connectivity index (χ2n) is 9.18. The van der Waals surface area contributed by atoms with Crippen LogP contribution in [-0.2, 0) is 9.53 Å². The molecule has 2 aliphatic rings. The molecule has 0 aromatic heterocycles. The quantitative estimate of drug-likeness (QED) is 0.789. The highest BCUT2D eigenvalue weighted by molar-refractivity contribution is 5.77. The molecule has 2 fully saturated rings. The average molecular weight is 383 g/mol. The van der Waals surface area contributed by atoms with E-state index in [1.54, 1.807) is 4.90 Å². The van der Waals surface area contributed by atoms with Gasteiger partial charge in [-0.2, -0.15) is 0 Å². The fourth-order valence-corrected chi connectivity index (χ4v) is 4.08. The van der Waals surface area contributed by atoms with Crippen molar-refractivity contribution >= 4 is 12.0 Å². The van der Waals surface area contributed by atoms with Crippen molar-refractivity contribution in [2.45, 2.75) is 96.8 Å². The molecule has 0 spiro atoms. The predicted octanol–water partition coefficient (Wildman–Crippen LogP) is 3.57. The van der Waals surface area contributed by atoms with Gasteiger partial charge in [-0.3, -0.25) is 4.79 Å². The van der Waals surface area contributed by atoms with Crippen LogP contribution in [0, 0.1) is 5.92 Å². The lowest BCUT2D eigenvalue weighted by Crippen LogP contribution is -2.48. The summed E-state index contributed by atoms with van der Waals surface area (Å²) in [6.07, 6.45) is 6.31. The maximum absolute atomic E-state index is 12.9. The number of likely N-dealkylation sites (tertiary alicyclic amines) is 2. The third kappa shape index (κ3) is 6.98. The van der Waals surface area contributed by atoms with Gasteiger partial charge in [0.25, 0.3) is 0 Å². The van der Waals surface area contributed by atoms with E-state index >= 15 is 0 Å². The van der Waals surface area contributed by atoms with Crippen LogP contribution in [0.4, 0.5) is 4.79 Å². The second kappa shape index (κ2) is 9.76. The molecule has 2 aliphatic heterocycles. The smallest absolute Gasteiger partial charge is 0.410 e. The molecule has 0 aromatic rings. The lowest BCUT2D eigenvalue weighted by Gasteiger charge is -2.39. The lowest BCUT2D eigenvalue weighted by atomic mass is 9.90. The van der Waals surface area contributed by atoms with Gasteiger partial charge in [0.15, 0.2) is 0 Å². The van der Waals surface area contributed by atoms with E-state index in [4.69, 9.17) is 4.74 Å². The third-order valence-corrected chi connectivity index (χ3v) is 5.63. The molecule has 2 rings (SSSR count). The van der Waals surface area contributed by atoms with E-state index in [-0.39, 0.29) is 24.1 Å². The van der Waals surface area contributed by atoms with E-state index in [1.807, 2.05) is 25.7 Å².